The molecule has 0 aliphatic carbocycles. The van der Waals surface area contributed by atoms with Gasteiger partial charge in [-0.25, -0.2) is 4.68 Å². The molecule has 5 heteroatoms. The fraction of sp³-hybridized carbons (Fsp3) is 0.818. The second kappa shape index (κ2) is 6.21. The lowest BCUT2D eigenvalue weighted by Gasteiger charge is -2.21. The molecule has 0 bridgehead atoms. The van der Waals surface area contributed by atoms with E-state index in [1.165, 1.54) is 12.8 Å². The van der Waals surface area contributed by atoms with Crippen LogP contribution in [0.25, 0.3) is 0 Å². The van der Waals surface area contributed by atoms with E-state index >= 15 is 0 Å². The maximum atomic E-state index is 5.66. The first-order chi connectivity index (χ1) is 7.88. The predicted molar refractivity (Wildman–Crippen MR) is 62.7 cm³/mol. The summed E-state index contributed by atoms with van der Waals surface area (Å²) in [7, 11) is 0. The fourth-order valence-corrected chi connectivity index (χ4v) is 2.08. The zero-order valence-electron chi connectivity index (χ0n) is 9.44. The first kappa shape index (κ1) is 11.9. The monoisotopic (exact) mass is 243 g/mol. The van der Waals surface area contributed by atoms with Gasteiger partial charge >= 0.3 is 0 Å². The molecule has 0 radical (unpaired) electrons. The van der Waals surface area contributed by atoms with Gasteiger partial charge in [0.2, 0.25) is 0 Å². The molecule has 2 rings (SSSR count). The van der Waals surface area contributed by atoms with Crippen LogP contribution in [0.15, 0.2) is 6.20 Å². The van der Waals surface area contributed by atoms with Crippen molar-refractivity contribution in [1.29, 1.82) is 0 Å². The van der Waals surface area contributed by atoms with Crippen LogP contribution < -0.4 is 0 Å². The first-order valence-corrected chi connectivity index (χ1v) is 6.48. The molecule has 0 aromatic carbocycles. The van der Waals surface area contributed by atoms with Crippen molar-refractivity contribution in [2.45, 2.75) is 44.8 Å². The minimum Gasteiger partial charge on any atom is -0.376 e. The quantitative estimate of drug-likeness (QED) is 0.743. The van der Waals surface area contributed by atoms with Crippen LogP contribution in [-0.4, -0.2) is 33.6 Å². The van der Waals surface area contributed by atoms with Crippen molar-refractivity contribution < 1.29 is 4.74 Å². The van der Waals surface area contributed by atoms with Gasteiger partial charge in [-0.15, -0.1) is 16.7 Å². The van der Waals surface area contributed by atoms with Gasteiger partial charge < -0.3 is 4.74 Å². The molecule has 16 heavy (non-hydrogen) atoms. The molecule has 4 nitrogen and oxygen atoms in total. The lowest BCUT2D eigenvalue weighted by molar-refractivity contribution is 0.00370. The molecule has 0 spiro atoms. The van der Waals surface area contributed by atoms with Crippen molar-refractivity contribution in [1.82, 2.24) is 15.0 Å². The highest BCUT2D eigenvalue weighted by atomic mass is 35.5. The first-order valence-electron chi connectivity index (χ1n) is 5.95. The second-order valence-electron chi connectivity index (χ2n) is 4.21. The van der Waals surface area contributed by atoms with Gasteiger partial charge in [0.1, 0.15) is 0 Å². The van der Waals surface area contributed by atoms with Crippen molar-refractivity contribution in [2.75, 3.05) is 12.5 Å². The maximum absolute atomic E-state index is 5.66. The zero-order chi connectivity index (χ0) is 11.2. The summed E-state index contributed by atoms with van der Waals surface area (Å²) in [5.41, 5.74) is 1.02. The van der Waals surface area contributed by atoms with Gasteiger partial charge in [0.25, 0.3) is 0 Å². The molecule has 1 unspecified atom stereocenters. The Bertz CT molecular complexity index is 310. The minimum atomic E-state index is 0.316. The van der Waals surface area contributed by atoms with Gasteiger partial charge in [-0.3, -0.25) is 0 Å². The molecule has 1 aromatic heterocycles. The van der Waals surface area contributed by atoms with Crippen molar-refractivity contribution in [3.8, 4) is 0 Å². The number of aromatic nitrogens is 3. The highest BCUT2D eigenvalue weighted by molar-refractivity contribution is 6.17. The summed E-state index contributed by atoms with van der Waals surface area (Å²) in [5.74, 6) is 0.679. The van der Waals surface area contributed by atoms with Crippen LogP contribution in [0.3, 0.4) is 0 Å². The molecular weight excluding hydrogens is 226 g/mol. The van der Waals surface area contributed by atoms with E-state index in [1.807, 2.05) is 10.9 Å². The van der Waals surface area contributed by atoms with E-state index < -0.39 is 0 Å². The molecule has 1 aliphatic heterocycles. The molecule has 90 valence electrons. The van der Waals surface area contributed by atoms with E-state index in [0.29, 0.717) is 12.0 Å². The van der Waals surface area contributed by atoms with Crippen molar-refractivity contribution in [2.24, 2.45) is 0 Å². The third-order valence-electron chi connectivity index (χ3n) is 2.82. The SMILES string of the molecule is ClCCCc1cn(CC2CCCCO2)nn1. The van der Waals surface area contributed by atoms with Crippen molar-refractivity contribution in [3.63, 3.8) is 0 Å². The molecule has 1 aliphatic rings. The van der Waals surface area contributed by atoms with Crippen LogP contribution in [0.2, 0.25) is 0 Å². The van der Waals surface area contributed by atoms with E-state index in [0.717, 1.165) is 38.1 Å². The molecule has 0 saturated carbocycles. The molecule has 1 atom stereocenters. The topological polar surface area (TPSA) is 39.9 Å². The van der Waals surface area contributed by atoms with E-state index in [4.69, 9.17) is 16.3 Å². The third kappa shape index (κ3) is 3.46. The highest BCUT2D eigenvalue weighted by Gasteiger charge is 2.15. The normalized spacial score (nSPS) is 21.2. The Morgan fingerprint density at radius 2 is 2.44 bits per heavy atom. The summed E-state index contributed by atoms with van der Waals surface area (Å²) >= 11 is 5.64. The zero-order valence-corrected chi connectivity index (χ0v) is 10.2. The Morgan fingerprint density at radius 3 is 3.19 bits per heavy atom. The van der Waals surface area contributed by atoms with Crippen LogP contribution in [0, 0.1) is 0 Å². The predicted octanol–water partition coefficient (Wildman–Crippen LogP) is 2.02. The number of rotatable bonds is 5. The number of ether oxygens (including phenoxy) is 1. The summed E-state index contributed by atoms with van der Waals surface area (Å²) in [6, 6.07) is 0. The van der Waals surface area contributed by atoms with E-state index in [2.05, 4.69) is 10.3 Å². The number of alkyl halides is 1. The summed E-state index contributed by atoms with van der Waals surface area (Å²) in [4.78, 5) is 0. The van der Waals surface area contributed by atoms with Gasteiger partial charge in [-0.1, -0.05) is 5.21 Å². The molecule has 2 heterocycles. The highest BCUT2D eigenvalue weighted by Crippen LogP contribution is 2.14. The van der Waals surface area contributed by atoms with Crippen LogP contribution in [0.4, 0.5) is 0 Å². The Morgan fingerprint density at radius 1 is 1.50 bits per heavy atom. The standard InChI is InChI=1S/C11H18ClN3O/c12-6-3-4-10-8-15(14-13-10)9-11-5-1-2-7-16-11/h8,11H,1-7,9H2. The third-order valence-corrected chi connectivity index (χ3v) is 3.08. The van der Waals surface area contributed by atoms with Crippen LogP contribution in [0.5, 0.6) is 0 Å². The maximum Gasteiger partial charge on any atom is 0.0827 e. The Kier molecular flexibility index (Phi) is 4.60. The number of aryl methyl sites for hydroxylation is 1. The molecular formula is C11H18ClN3O. The summed E-state index contributed by atoms with van der Waals surface area (Å²) in [6.45, 7) is 1.71. The van der Waals surface area contributed by atoms with E-state index in [9.17, 15) is 0 Å². The molecule has 1 aromatic rings. The Balaban J connectivity index is 1.81. The summed E-state index contributed by atoms with van der Waals surface area (Å²) < 4.78 is 7.55. The van der Waals surface area contributed by atoms with Gasteiger partial charge in [-0.2, -0.15) is 0 Å². The van der Waals surface area contributed by atoms with Crippen LogP contribution in [0.1, 0.15) is 31.4 Å². The van der Waals surface area contributed by atoms with Crippen LogP contribution >= 0.6 is 11.6 Å². The average molecular weight is 244 g/mol. The van der Waals surface area contributed by atoms with Gasteiger partial charge in [-0.05, 0) is 32.1 Å². The second-order valence-corrected chi connectivity index (χ2v) is 4.59. The Labute approximate surface area is 101 Å². The fourth-order valence-electron chi connectivity index (χ4n) is 1.95. The largest absolute Gasteiger partial charge is 0.376 e. The lowest BCUT2D eigenvalue weighted by atomic mass is 10.1. The van der Waals surface area contributed by atoms with Gasteiger partial charge in [0, 0.05) is 18.7 Å². The summed E-state index contributed by atoms with van der Waals surface area (Å²) in [5, 5.41) is 8.22. The lowest BCUT2D eigenvalue weighted by Crippen LogP contribution is -2.24. The number of hydrogen-bond donors (Lipinski definition) is 0. The van der Waals surface area contributed by atoms with Gasteiger partial charge in [0.05, 0.1) is 18.3 Å². The number of halogens is 1. The van der Waals surface area contributed by atoms with Gasteiger partial charge in [0.15, 0.2) is 0 Å². The number of hydrogen-bond acceptors (Lipinski definition) is 3. The molecule has 1 saturated heterocycles. The number of nitrogens with zero attached hydrogens (tertiary/aromatic N) is 3. The molecule has 0 amide bonds. The van der Waals surface area contributed by atoms with Crippen LogP contribution in [-0.2, 0) is 17.7 Å². The van der Waals surface area contributed by atoms with E-state index in [1.54, 1.807) is 0 Å². The average Bonchev–Trinajstić information content (AvgIpc) is 2.75. The van der Waals surface area contributed by atoms with E-state index in [-0.39, 0.29) is 0 Å². The molecule has 1 fully saturated rings. The summed E-state index contributed by atoms with van der Waals surface area (Å²) in [6.07, 6.45) is 7.78. The smallest absolute Gasteiger partial charge is 0.0827 e. The molecule has 0 N–H and O–H groups in total. The van der Waals surface area contributed by atoms with Crippen molar-refractivity contribution >= 4 is 11.6 Å². The minimum absolute atomic E-state index is 0.316. The van der Waals surface area contributed by atoms with Crippen molar-refractivity contribution in [3.05, 3.63) is 11.9 Å². The Hall–Kier alpha value is -0.610.